The van der Waals surface area contributed by atoms with E-state index in [0.717, 1.165) is 4.47 Å². The number of methoxy groups -OCH3 is 1. The Bertz CT molecular complexity index is 680. The zero-order valence-corrected chi connectivity index (χ0v) is 15.5. The second kappa shape index (κ2) is 7.71. The Hall–Kier alpha value is -2.00. The Morgan fingerprint density at radius 1 is 1.33 bits per heavy atom. The summed E-state index contributed by atoms with van der Waals surface area (Å²) in [4.78, 5) is 38.7. The first kappa shape index (κ1) is 18.3. The minimum Gasteiger partial charge on any atom is -0.468 e. The van der Waals surface area contributed by atoms with Crippen LogP contribution in [0.1, 0.15) is 6.42 Å². The van der Waals surface area contributed by atoms with Gasteiger partial charge < -0.3 is 15.0 Å². The van der Waals surface area contributed by atoms with Crippen LogP contribution in [0.25, 0.3) is 0 Å². The number of benzene rings is 1. The Balaban J connectivity index is 2.08. The van der Waals surface area contributed by atoms with Crippen LogP contribution in [-0.2, 0) is 19.1 Å². The van der Waals surface area contributed by atoms with Gasteiger partial charge in [0.25, 0.3) is 5.91 Å². The summed E-state index contributed by atoms with van der Waals surface area (Å²) in [7, 11) is 2.77. The summed E-state index contributed by atoms with van der Waals surface area (Å²) in [5.74, 6) is -1.20. The van der Waals surface area contributed by atoms with Crippen molar-refractivity contribution in [3.8, 4) is 0 Å². The quantitative estimate of drug-likeness (QED) is 0.580. The molecule has 0 radical (unpaired) electrons. The predicted octanol–water partition coefficient (Wildman–Crippen LogP) is 1.38. The molecule has 1 heterocycles. The van der Waals surface area contributed by atoms with Crippen LogP contribution in [-0.4, -0.2) is 59.4 Å². The van der Waals surface area contributed by atoms with Crippen molar-refractivity contribution >= 4 is 56.7 Å². The van der Waals surface area contributed by atoms with Gasteiger partial charge in [0.2, 0.25) is 5.91 Å². The molecule has 1 aliphatic heterocycles. The molecule has 1 N–H and O–H groups in total. The highest BCUT2D eigenvalue weighted by Gasteiger charge is 2.42. The molecule has 2 rings (SSSR count). The topological polar surface area (TPSA) is 79.0 Å². The first-order chi connectivity index (χ1) is 11.3. The van der Waals surface area contributed by atoms with Crippen molar-refractivity contribution < 1.29 is 19.1 Å². The van der Waals surface area contributed by atoms with Crippen molar-refractivity contribution in [2.24, 2.45) is 0 Å². The third kappa shape index (κ3) is 4.09. The van der Waals surface area contributed by atoms with Crippen molar-refractivity contribution in [3.63, 3.8) is 0 Å². The van der Waals surface area contributed by atoms with E-state index in [1.165, 1.54) is 24.0 Å². The lowest BCUT2D eigenvalue weighted by molar-refractivity contribution is -0.141. The van der Waals surface area contributed by atoms with Crippen molar-refractivity contribution in [1.29, 1.82) is 0 Å². The van der Waals surface area contributed by atoms with Gasteiger partial charge in [-0.05, 0) is 36.5 Å². The van der Waals surface area contributed by atoms with Gasteiger partial charge in [0.15, 0.2) is 5.11 Å². The number of esters is 1. The van der Waals surface area contributed by atoms with Gasteiger partial charge in [0, 0.05) is 17.2 Å². The van der Waals surface area contributed by atoms with E-state index in [4.69, 9.17) is 12.2 Å². The third-order valence-corrected chi connectivity index (χ3v) is 4.60. The molecule has 2 amide bonds. The average molecular weight is 414 g/mol. The highest BCUT2D eigenvalue weighted by molar-refractivity contribution is 9.10. The molecule has 128 valence electrons. The van der Waals surface area contributed by atoms with Gasteiger partial charge in [-0.15, -0.1) is 0 Å². The van der Waals surface area contributed by atoms with E-state index in [1.54, 1.807) is 24.3 Å². The standard InChI is InChI=1S/C15H16BrN3O4S/c1-18-14(22)11(19(15(18)24)8-13(21)23-2)7-12(20)17-10-5-3-9(16)4-6-10/h3-6,11H,7-8H2,1-2H3,(H,17,20). The number of ether oxygens (including phenoxy) is 1. The summed E-state index contributed by atoms with van der Waals surface area (Å²) in [6.07, 6.45) is -0.115. The average Bonchev–Trinajstić information content (AvgIpc) is 2.75. The van der Waals surface area contributed by atoms with Gasteiger partial charge in [0.05, 0.1) is 13.5 Å². The van der Waals surface area contributed by atoms with Crippen molar-refractivity contribution in [3.05, 3.63) is 28.7 Å². The van der Waals surface area contributed by atoms with Crippen LogP contribution in [0.15, 0.2) is 28.7 Å². The van der Waals surface area contributed by atoms with Gasteiger partial charge in [-0.25, -0.2) is 0 Å². The van der Waals surface area contributed by atoms with E-state index in [9.17, 15) is 14.4 Å². The highest BCUT2D eigenvalue weighted by atomic mass is 79.9. The molecule has 1 aliphatic rings. The Kier molecular flexibility index (Phi) is 5.89. The van der Waals surface area contributed by atoms with Crippen LogP contribution in [0.3, 0.4) is 0 Å². The van der Waals surface area contributed by atoms with Crippen LogP contribution in [0.5, 0.6) is 0 Å². The van der Waals surface area contributed by atoms with E-state index in [0.29, 0.717) is 5.69 Å². The molecule has 7 nitrogen and oxygen atoms in total. The lowest BCUT2D eigenvalue weighted by atomic mass is 10.1. The third-order valence-electron chi connectivity index (χ3n) is 3.56. The summed E-state index contributed by atoms with van der Waals surface area (Å²) >= 11 is 8.48. The number of anilines is 1. The summed E-state index contributed by atoms with van der Waals surface area (Å²) in [5.41, 5.74) is 0.615. The number of likely N-dealkylation sites (N-methyl/N-ethyl adjacent to an activating group) is 1. The number of carbonyl (C=O) groups is 3. The van der Waals surface area contributed by atoms with E-state index >= 15 is 0 Å². The van der Waals surface area contributed by atoms with Gasteiger partial charge in [-0.3, -0.25) is 19.3 Å². The fraction of sp³-hybridized carbons (Fsp3) is 0.333. The van der Waals surface area contributed by atoms with E-state index in [-0.39, 0.29) is 29.9 Å². The number of hydrogen-bond donors (Lipinski definition) is 1. The minimum atomic E-state index is -0.822. The molecule has 9 heteroatoms. The second-order valence-corrected chi connectivity index (χ2v) is 6.44. The monoisotopic (exact) mass is 413 g/mol. The van der Waals surface area contributed by atoms with E-state index in [1.807, 2.05) is 0 Å². The first-order valence-electron chi connectivity index (χ1n) is 7.04. The number of halogens is 1. The molecule has 1 aromatic carbocycles. The molecule has 0 bridgehead atoms. The lowest BCUT2D eigenvalue weighted by Gasteiger charge is -2.21. The van der Waals surface area contributed by atoms with E-state index in [2.05, 4.69) is 26.0 Å². The molecule has 0 aromatic heterocycles. The fourth-order valence-corrected chi connectivity index (χ4v) is 2.82. The van der Waals surface area contributed by atoms with Crippen molar-refractivity contribution in [2.45, 2.75) is 12.5 Å². The molecule has 1 saturated heterocycles. The highest BCUT2D eigenvalue weighted by Crippen LogP contribution is 2.20. The molecule has 1 unspecified atom stereocenters. The normalized spacial score (nSPS) is 17.2. The van der Waals surface area contributed by atoms with Crippen LogP contribution in [0, 0.1) is 0 Å². The number of thiocarbonyl (C=S) groups is 1. The molecule has 1 fully saturated rings. The molecule has 1 aromatic rings. The van der Waals surface area contributed by atoms with Gasteiger partial charge >= 0.3 is 5.97 Å². The summed E-state index contributed by atoms with van der Waals surface area (Å²) in [6.45, 7) is -0.179. The molecule has 0 aliphatic carbocycles. The van der Waals surface area contributed by atoms with Crippen LogP contribution >= 0.6 is 28.1 Å². The maximum atomic E-state index is 12.3. The number of amides is 2. The minimum absolute atomic E-state index is 0.115. The summed E-state index contributed by atoms with van der Waals surface area (Å²) in [5, 5.41) is 2.92. The number of nitrogens with one attached hydrogen (secondary N) is 1. The SMILES string of the molecule is COC(=O)CN1C(=S)N(C)C(=O)C1CC(=O)Nc1ccc(Br)cc1. The largest absolute Gasteiger partial charge is 0.468 e. The summed E-state index contributed by atoms with van der Waals surface area (Å²) < 4.78 is 5.51. The van der Waals surface area contributed by atoms with Crippen molar-refractivity contribution in [2.75, 3.05) is 26.0 Å². The lowest BCUT2D eigenvalue weighted by Crippen LogP contribution is -2.41. The molecule has 0 saturated carbocycles. The number of carbonyl (C=O) groups excluding carboxylic acids is 3. The molecule has 24 heavy (non-hydrogen) atoms. The molecular weight excluding hydrogens is 398 g/mol. The van der Waals surface area contributed by atoms with Crippen LogP contribution in [0.4, 0.5) is 5.69 Å². The van der Waals surface area contributed by atoms with Crippen LogP contribution in [0.2, 0.25) is 0 Å². The first-order valence-corrected chi connectivity index (χ1v) is 8.24. The van der Waals surface area contributed by atoms with Gasteiger partial charge in [0.1, 0.15) is 12.6 Å². The second-order valence-electron chi connectivity index (χ2n) is 5.16. The smallest absolute Gasteiger partial charge is 0.325 e. The van der Waals surface area contributed by atoms with Gasteiger partial charge in [-0.1, -0.05) is 15.9 Å². The molecule has 1 atom stereocenters. The Morgan fingerprint density at radius 3 is 2.54 bits per heavy atom. The summed E-state index contributed by atoms with van der Waals surface area (Å²) in [6, 6.07) is 6.24. The maximum Gasteiger partial charge on any atom is 0.325 e. The Labute approximate surface area is 153 Å². The maximum absolute atomic E-state index is 12.3. The molecule has 0 spiro atoms. The zero-order chi connectivity index (χ0) is 17.9. The zero-order valence-electron chi connectivity index (χ0n) is 13.1. The Morgan fingerprint density at radius 2 is 1.96 bits per heavy atom. The number of hydrogen-bond acceptors (Lipinski definition) is 5. The number of rotatable bonds is 5. The van der Waals surface area contributed by atoms with Gasteiger partial charge in [-0.2, -0.15) is 0 Å². The predicted molar refractivity (Wildman–Crippen MR) is 95.3 cm³/mol. The number of nitrogens with zero attached hydrogens (tertiary/aromatic N) is 2. The molecular formula is C15H16BrN3O4S. The van der Waals surface area contributed by atoms with Crippen molar-refractivity contribution in [1.82, 2.24) is 9.80 Å². The van der Waals surface area contributed by atoms with Crippen LogP contribution < -0.4 is 5.32 Å². The fourth-order valence-electron chi connectivity index (χ4n) is 2.28. The van der Waals surface area contributed by atoms with E-state index < -0.39 is 12.0 Å².